The number of aliphatic hydroxyl groups excluding tert-OH is 1. The second-order valence-corrected chi connectivity index (χ2v) is 6.56. The molecule has 1 saturated heterocycles. The molecular weight excluding hydrogens is 278 g/mol. The van der Waals surface area contributed by atoms with Crippen LogP contribution in [-0.4, -0.2) is 42.2 Å². The first-order chi connectivity index (χ1) is 10.5. The first kappa shape index (κ1) is 17.0. The van der Waals surface area contributed by atoms with E-state index >= 15 is 0 Å². The number of carbonyl (C=O) groups is 1. The summed E-state index contributed by atoms with van der Waals surface area (Å²) in [7, 11) is 0. The minimum Gasteiger partial charge on any atom is -0.491 e. The highest BCUT2D eigenvalue weighted by molar-refractivity contribution is 5.94. The zero-order valence-corrected chi connectivity index (χ0v) is 13.8. The van der Waals surface area contributed by atoms with Gasteiger partial charge in [-0.2, -0.15) is 0 Å². The Morgan fingerprint density at radius 1 is 1.27 bits per heavy atom. The predicted molar refractivity (Wildman–Crippen MR) is 86.6 cm³/mol. The van der Waals surface area contributed by atoms with Crippen molar-refractivity contribution in [2.45, 2.75) is 58.2 Å². The van der Waals surface area contributed by atoms with E-state index in [1.807, 2.05) is 0 Å². The van der Waals surface area contributed by atoms with Gasteiger partial charge >= 0.3 is 0 Å². The third-order valence-electron chi connectivity index (χ3n) is 4.71. The molecule has 1 aromatic rings. The van der Waals surface area contributed by atoms with Gasteiger partial charge in [0, 0.05) is 5.56 Å². The molecule has 1 fully saturated rings. The standard InChI is InChI=1S/C18H27NO3/c1-13-5-4-6-14(2)19(13)11-17(21)12-22-18-9-7-16(8-10-18)15(3)20/h7-10,13-14,17,21H,4-6,11-12H2,1-3H3/p+1/t13-,14-,17-/m0/s1. The molecule has 0 aliphatic carbocycles. The number of benzene rings is 1. The molecule has 1 aliphatic heterocycles. The van der Waals surface area contributed by atoms with Gasteiger partial charge in [-0.3, -0.25) is 4.79 Å². The maximum Gasteiger partial charge on any atom is 0.159 e. The van der Waals surface area contributed by atoms with Crippen LogP contribution in [0.5, 0.6) is 5.75 Å². The van der Waals surface area contributed by atoms with Crippen LogP contribution in [0.3, 0.4) is 0 Å². The van der Waals surface area contributed by atoms with Crippen LogP contribution in [-0.2, 0) is 0 Å². The summed E-state index contributed by atoms with van der Waals surface area (Å²) in [5.41, 5.74) is 0.674. The SMILES string of the molecule is CC(=O)c1ccc(OC[C@@H](O)C[NH+]2[C@@H](C)CCC[C@@H]2C)cc1. The van der Waals surface area contributed by atoms with Gasteiger partial charge < -0.3 is 14.7 Å². The number of rotatable bonds is 6. The summed E-state index contributed by atoms with van der Waals surface area (Å²) >= 11 is 0. The zero-order valence-electron chi connectivity index (χ0n) is 13.8. The summed E-state index contributed by atoms with van der Waals surface area (Å²) in [5, 5.41) is 10.2. The van der Waals surface area contributed by atoms with Crippen molar-refractivity contribution in [3.8, 4) is 5.75 Å². The van der Waals surface area contributed by atoms with Crippen LogP contribution in [0.25, 0.3) is 0 Å². The van der Waals surface area contributed by atoms with E-state index in [0.717, 1.165) is 6.54 Å². The van der Waals surface area contributed by atoms with Crippen LogP contribution in [0.1, 0.15) is 50.4 Å². The monoisotopic (exact) mass is 306 g/mol. The molecule has 0 bridgehead atoms. The summed E-state index contributed by atoms with van der Waals surface area (Å²) < 4.78 is 5.64. The number of hydrogen-bond acceptors (Lipinski definition) is 3. The van der Waals surface area contributed by atoms with Gasteiger partial charge in [-0.15, -0.1) is 0 Å². The number of piperidine rings is 1. The molecule has 1 aliphatic rings. The van der Waals surface area contributed by atoms with Crippen LogP contribution in [0.4, 0.5) is 0 Å². The first-order valence-corrected chi connectivity index (χ1v) is 8.25. The average molecular weight is 306 g/mol. The third kappa shape index (κ3) is 4.55. The molecule has 2 N–H and O–H groups in total. The zero-order chi connectivity index (χ0) is 16.1. The Morgan fingerprint density at radius 2 is 1.86 bits per heavy atom. The van der Waals surface area contributed by atoms with Crippen molar-refractivity contribution >= 4 is 5.78 Å². The fourth-order valence-corrected chi connectivity index (χ4v) is 3.30. The number of quaternary nitrogens is 1. The number of ketones is 1. The van der Waals surface area contributed by atoms with Crippen LogP contribution >= 0.6 is 0 Å². The minimum atomic E-state index is -0.467. The number of hydrogen-bond donors (Lipinski definition) is 2. The third-order valence-corrected chi connectivity index (χ3v) is 4.71. The number of ether oxygens (including phenoxy) is 1. The molecule has 4 heteroatoms. The predicted octanol–water partition coefficient (Wildman–Crippen LogP) is 1.47. The Morgan fingerprint density at radius 3 is 2.41 bits per heavy atom. The molecule has 0 saturated carbocycles. The van der Waals surface area contributed by atoms with E-state index < -0.39 is 6.10 Å². The van der Waals surface area contributed by atoms with Gasteiger partial charge in [0.25, 0.3) is 0 Å². The Labute approximate surface area is 133 Å². The van der Waals surface area contributed by atoms with Gasteiger partial charge in [0.1, 0.15) is 25.0 Å². The molecule has 4 nitrogen and oxygen atoms in total. The summed E-state index contributed by atoms with van der Waals surface area (Å²) in [6.07, 6.45) is 3.30. The van der Waals surface area contributed by atoms with Crippen LogP contribution in [0.2, 0.25) is 0 Å². The molecule has 1 aromatic carbocycles. The summed E-state index contributed by atoms with van der Waals surface area (Å²) in [6.45, 7) is 7.09. The van der Waals surface area contributed by atoms with Gasteiger partial charge in [0.05, 0.1) is 12.1 Å². The molecule has 1 heterocycles. The molecule has 22 heavy (non-hydrogen) atoms. The van der Waals surface area contributed by atoms with E-state index in [4.69, 9.17) is 4.74 Å². The van der Waals surface area contributed by atoms with E-state index in [0.29, 0.717) is 30.0 Å². The van der Waals surface area contributed by atoms with Crippen molar-refractivity contribution in [1.29, 1.82) is 0 Å². The van der Waals surface area contributed by atoms with Gasteiger partial charge in [0.2, 0.25) is 0 Å². The lowest BCUT2D eigenvalue weighted by molar-refractivity contribution is -0.954. The fourth-order valence-electron chi connectivity index (χ4n) is 3.30. The van der Waals surface area contributed by atoms with Crippen molar-refractivity contribution in [3.05, 3.63) is 29.8 Å². The second-order valence-electron chi connectivity index (χ2n) is 6.56. The molecule has 122 valence electrons. The van der Waals surface area contributed by atoms with Crippen LogP contribution < -0.4 is 9.64 Å². The Balaban J connectivity index is 1.81. The highest BCUT2D eigenvalue weighted by atomic mass is 16.5. The summed E-state index contributed by atoms with van der Waals surface area (Å²) in [4.78, 5) is 12.7. The Hall–Kier alpha value is -1.39. The van der Waals surface area contributed by atoms with Gasteiger partial charge in [0.15, 0.2) is 5.78 Å². The largest absolute Gasteiger partial charge is 0.491 e. The van der Waals surface area contributed by atoms with Crippen molar-refractivity contribution in [2.75, 3.05) is 13.2 Å². The quantitative estimate of drug-likeness (QED) is 0.783. The van der Waals surface area contributed by atoms with Crippen molar-refractivity contribution in [3.63, 3.8) is 0 Å². The highest BCUT2D eigenvalue weighted by Crippen LogP contribution is 2.13. The van der Waals surface area contributed by atoms with Gasteiger partial charge in [-0.1, -0.05) is 0 Å². The molecular formula is C18H28NO3+. The number of likely N-dealkylation sites (tertiary alicyclic amines) is 1. The lowest BCUT2D eigenvalue weighted by Gasteiger charge is -2.36. The first-order valence-electron chi connectivity index (χ1n) is 8.25. The Kier molecular flexibility index (Phi) is 5.98. The van der Waals surface area contributed by atoms with E-state index in [9.17, 15) is 9.90 Å². The maximum absolute atomic E-state index is 11.2. The van der Waals surface area contributed by atoms with Gasteiger partial charge in [-0.05, 0) is 64.3 Å². The smallest absolute Gasteiger partial charge is 0.159 e. The normalized spacial score (nSPS) is 24.0. The number of aliphatic hydroxyl groups is 1. The number of carbonyl (C=O) groups excluding carboxylic acids is 1. The second kappa shape index (κ2) is 7.75. The average Bonchev–Trinajstić information content (AvgIpc) is 2.49. The fraction of sp³-hybridized carbons (Fsp3) is 0.611. The molecule has 0 radical (unpaired) electrons. The molecule has 2 rings (SSSR count). The van der Waals surface area contributed by atoms with Crippen molar-refractivity contribution < 1.29 is 19.5 Å². The number of Topliss-reactive ketones (excluding diaryl/α,β-unsaturated/α-hetero) is 1. The maximum atomic E-state index is 11.2. The molecule has 0 aromatic heterocycles. The van der Waals surface area contributed by atoms with Crippen LogP contribution in [0.15, 0.2) is 24.3 Å². The van der Waals surface area contributed by atoms with Crippen molar-refractivity contribution in [2.24, 2.45) is 0 Å². The van der Waals surface area contributed by atoms with Crippen LogP contribution in [0, 0.1) is 0 Å². The lowest BCUT2D eigenvalue weighted by Crippen LogP contribution is -3.20. The lowest BCUT2D eigenvalue weighted by atomic mass is 9.97. The minimum absolute atomic E-state index is 0.0447. The van der Waals surface area contributed by atoms with E-state index in [-0.39, 0.29) is 5.78 Å². The van der Waals surface area contributed by atoms with Gasteiger partial charge in [-0.25, -0.2) is 0 Å². The highest BCUT2D eigenvalue weighted by Gasteiger charge is 2.30. The molecule has 0 amide bonds. The summed E-state index contributed by atoms with van der Waals surface area (Å²) in [6, 6.07) is 8.28. The number of nitrogens with one attached hydrogen (secondary N) is 1. The topological polar surface area (TPSA) is 51.0 Å². The van der Waals surface area contributed by atoms with E-state index in [1.165, 1.54) is 24.2 Å². The van der Waals surface area contributed by atoms with Crippen molar-refractivity contribution in [1.82, 2.24) is 0 Å². The van der Waals surface area contributed by atoms with E-state index in [2.05, 4.69) is 13.8 Å². The summed E-state index contributed by atoms with van der Waals surface area (Å²) in [5.74, 6) is 0.738. The Bertz CT molecular complexity index is 476. The molecule has 0 spiro atoms. The molecule has 0 unspecified atom stereocenters. The van der Waals surface area contributed by atoms with E-state index in [1.54, 1.807) is 31.2 Å². The molecule has 3 atom stereocenters.